The number of hydrogen-bond acceptors (Lipinski definition) is 5. The van der Waals surface area contributed by atoms with Gasteiger partial charge in [0, 0.05) is 11.6 Å². The first-order valence-corrected chi connectivity index (χ1v) is 9.19. The molecule has 0 unspecified atom stereocenters. The number of aryl methyl sites for hydroxylation is 1. The van der Waals surface area contributed by atoms with E-state index in [1.54, 1.807) is 62.9 Å². The van der Waals surface area contributed by atoms with Crippen LogP contribution in [0.5, 0.6) is 11.5 Å². The molecule has 0 spiro atoms. The van der Waals surface area contributed by atoms with Gasteiger partial charge in [0.15, 0.2) is 0 Å². The van der Waals surface area contributed by atoms with Crippen LogP contribution >= 0.6 is 0 Å². The van der Waals surface area contributed by atoms with Gasteiger partial charge in [-0.25, -0.2) is 9.36 Å². The molecular weight excluding hydrogens is 411 g/mol. The van der Waals surface area contributed by atoms with Gasteiger partial charge >= 0.3 is 6.18 Å². The number of benzene rings is 2. The molecule has 0 amide bonds. The van der Waals surface area contributed by atoms with E-state index < -0.39 is 11.9 Å². The molecule has 2 heterocycles. The number of aromatic nitrogens is 5. The Morgan fingerprint density at radius 2 is 1.48 bits per heavy atom. The number of nitrogens with zero attached hydrogens (tertiary/aromatic N) is 5. The lowest BCUT2D eigenvalue weighted by Gasteiger charge is -2.10. The van der Waals surface area contributed by atoms with Gasteiger partial charge in [0.05, 0.1) is 37.5 Å². The SMILES string of the molecule is COc1cc(OC)cc(-c2cn(-c3ccc(-n4nc(C)cc4C(F)(F)F)cc3)nn2)c1. The number of rotatable bonds is 5. The van der Waals surface area contributed by atoms with E-state index in [0.717, 1.165) is 16.3 Å². The molecular formula is C21H18F3N5O2. The normalized spacial score (nSPS) is 11.5. The molecule has 0 bridgehead atoms. The summed E-state index contributed by atoms with van der Waals surface area (Å²) in [7, 11) is 3.12. The van der Waals surface area contributed by atoms with Crippen molar-refractivity contribution >= 4 is 0 Å². The van der Waals surface area contributed by atoms with E-state index in [9.17, 15) is 13.2 Å². The summed E-state index contributed by atoms with van der Waals surface area (Å²) in [5.41, 5.74) is 1.72. The van der Waals surface area contributed by atoms with Crippen LogP contribution in [0.15, 0.2) is 54.7 Å². The summed E-state index contributed by atoms with van der Waals surface area (Å²) in [4.78, 5) is 0. The lowest BCUT2D eigenvalue weighted by Crippen LogP contribution is -2.13. The fourth-order valence-electron chi connectivity index (χ4n) is 3.12. The molecule has 0 N–H and O–H groups in total. The van der Waals surface area contributed by atoms with Crippen LogP contribution in [-0.4, -0.2) is 39.0 Å². The summed E-state index contributed by atoms with van der Waals surface area (Å²) < 4.78 is 52.8. The Morgan fingerprint density at radius 3 is 2.06 bits per heavy atom. The number of methoxy groups -OCH3 is 2. The van der Waals surface area contributed by atoms with Gasteiger partial charge in [-0.15, -0.1) is 5.10 Å². The van der Waals surface area contributed by atoms with Crippen molar-refractivity contribution in [3.63, 3.8) is 0 Å². The summed E-state index contributed by atoms with van der Waals surface area (Å²) in [5.74, 6) is 1.23. The van der Waals surface area contributed by atoms with E-state index in [2.05, 4.69) is 15.4 Å². The molecule has 0 aliphatic heterocycles. The smallest absolute Gasteiger partial charge is 0.433 e. The van der Waals surface area contributed by atoms with Crippen LogP contribution in [0.2, 0.25) is 0 Å². The molecule has 0 fully saturated rings. The van der Waals surface area contributed by atoms with E-state index in [0.29, 0.717) is 28.6 Å². The van der Waals surface area contributed by atoms with Gasteiger partial charge in [0.2, 0.25) is 0 Å². The van der Waals surface area contributed by atoms with E-state index in [1.807, 2.05) is 0 Å². The first-order valence-electron chi connectivity index (χ1n) is 9.19. The number of ether oxygens (including phenoxy) is 2. The lowest BCUT2D eigenvalue weighted by molar-refractivity contribution is -0.142. The molecule has 0 atom stereocenters. The summed E-state index contributed by atoms with van der Waals surface area (Å²) in [6, 6.07) is 12.8. The van der Waals surface area contributed by atoms with Crippen molar-refractivity contribution in [2.75, 3.05) is 14.2 Å². The quantitative estimate of drug-likeness (QED) is 0.469. The summed E-state index contributed by atoms with van der Waals surface area (Å²) in [6.07, 6.45) is -2.79. The van der Waals surface area contributed by atoms with Gasteiger partial charge in [-0.05, 0) is 49.4 Å². The van der Waals surface area contributed by atoms with Crippen LogP contribution in [0.4, 0.5) is 13.2 Å². The minimum Gasteiger partial charge on any atom is -0.497 e. The average Bonchev–Trinajstić information content (AvgIpc) is 3.40. The third-order valence-corrected chi connectivity index (χ3v) is 4.62. The zero-order valence-electron chi connectivity index (χ0n) is 16.9. The Kier molecular flexibility index (Phi) is 5.14. The Hall–Kier alpha value is -3.82. The Morgan fingerprint density at radius 1 is 0.871 bits per heavy atom. The van der Waals surface area contributed by atoms with Crippen molar-refractivity contribution in [3.8, 4) is 34.1 Å². The van der Waals surface area contributed by atoms with Gasteiger partial charge < -0.3 is 9.47 Å². The van der Waals surface area contributed by atoms with Crippen LogP contribution in [0.25, 0.3) is 22.6 Å². The lowest BCUT2D eigenvalue weighted by atomic mass is 10.1. The maximum Gasteiger partial charge on any atom is 0.433 e. The van der Waals surface area contributed by atoms with E-state index in [4.69, 9.17) is 9.47 Å². The number of alkyl halides is 3. The number of halogens is 3. The topological polar surface area (TPSA) is 67.0 Å². The molecule has 2 aromatic carbocycles. The van der Waals surface area contributed by atoms with Crippen LogP contribution in [-0.2, 0) is 6.18 Å². The molecule has 0 aliphatic rings. The zero-order chi connectivity index (χ0) is 22.2. The second-order valence-corrected chi connectivity index (χ2v) is 6.75. The van der Waals surface area contributed by atoms with Gasteiger partial charge in [0.25, 0.3) is 0 Å². The van der Waals surface area contributed by atoms with Crippen LogP contribution in [0, 0.1) is 6.92 Å². The average molecular weight is 429 g/mol. The fraction of sp³-hybridized carbons (Fsp3) is 0.190. The second-order valence-electron chi connectivity index (χ2n) is 6.75. The molecule has 0 aliphatic carbocycles. The van der Waals surface area contributed by atoms with Gasteiger partial charge in [-0.1, -0.05) is 5.21 Å². The van der Waals surface area contributed by atoms with Crippen LogP contribution in [0.1, 0.15) is 11.4 Å². The molecule has 2 aromatic heterocycles. The van der Waals surface area contributed by atoms with Gasteiger partial charge in [0.1, 0.15) is 22.9 Å². The first-order chi connectivity index (χ1) is 14.8. The standard InChI is InChI=1S/C21H18F3N5O2/c1-13-8-20(21(22,23)24)29(26-13)16-6-4-15(5-7-16)28-12-19(25-27-28)14-9-17(30-2)11-18(10-14)31-3/h4-12H,1-3H3. The zero-order valence-corrected chi connectivity index (χ0v) is 16.9. The third-order valence-electron chi connectivity index (χ3n) is 4.62. The molecule has 4 rings (SSSR count). The largest absolute Gasteiger partial charge is 0.497 e. The molecule has 10 heteroatoms. The maximum atomic E-state index is 13.3. The van der Waals surface area contributed by atoms with E-state index in [-0.39, 0.29) is 5.69 Å². The van der Waals surface area contributed by atoms with Gasteiger partial charge in [-0.3, -0.25) is 0 Å². The number of hydrogen-bond donors (Lipinski definition) is 0. The van der Waals surface area contributed by atoms with Crippen molar-refractivity contribution in [1.29, 1.82) is 0 Å². The highest BCUT2D eigenvalue weighted by Gasteiger charge is 2.35. The highest BCUT2D eigenvalue weighted by atomic mass is 19.4. The monoisotopic (exact) mass is 429 g/mol. The summed E-state index contributed by atoms with van der Waals surface area (Å²) in [6.45, 7) is 1.52. The Labute approximate surface area is 175 Å². The first kappa shape index (κ1) is 20.5. The Bertz CT molecular complexity index is 1190. The third kappa shape index (κ3) is 4.09. The predicted molar refractivity (Wildman–Crippen MR) is 107 cm³/mol. The fourth-order valence-corrected chi connectivity index (χ4v) is 3.12. The summed E-state index contributed by atoms with van der Waals surface area (Å²) >= 11 is 0. The van der Waals surface area contributed by atoms with Crippen LogP contribution in [0.3, 0.4) is 0 Å². The minimum atomic E-state index is -4.50. The minimum absolute atomic E-state index is 0.283. The molecule has 7 nitrogen and oxygen atoms in total. The van der Waals surface area contributed by atoms with Crippen molar-refractivity contribution in [2.45, 2.75) is 13.1 Å². The highest BCUT2D eigenvalue weighted by Crippen LogP contribution is 2.32. The van der Waals surface area contributed by atoms with Crippen molar-refractivity contribution in [1.82, 2.24) is 24.8 Å². The molecule has 0 radical (unpaired) electrons. The molecule has 31 heavy (non-hydrogen) atoms. The Balaban J connectivity index is 1.65. The predicted octanol–water partition coefficient (Wildman–Crippen LogP) is 4.46. The molecule has 160 valence electrons. The van der Waals surface area contributed by atoms with Crippen molar-refractivity contribution in [2.24, 2.45) is 0 Å². The van der Waals surface area contributed by atoms with Crippen LogP contribution < -0.4 is 9.47 Å². The van der Waals surface area contributed by atoms with Crippen molar-refractivity contribution in [3.05, 3.63) is 66.1 Å². The second kappa shape index (κ2) is 7.78. The maximum absolute atomic E-state index is 13.3. The highest BCUT2D eigenvalue weighted by molar-refractivity contribution is 5.63. The van der Waals surface area contributed by atoms with Crippen molar-refractivity contribution < 1.29 is 22.6 Å². The van der Waals surface area contributed by atoms with E-state index >= 15 is 0 Å². The molecule has 0 saturated carbocycles. The van der Waals surface area contributed by atoms with Gasteiger partial charge in [-0.2, -0.15) is 18.3 Å². The molecule has 0 saturated heterocycles. The van der Waals surface area contributed by atoms with E-state index in [1.165, 1.54) is 11.6 Å². The summed E-state index contributed by atoms with van der Waals surface area (Å²) in [5, 5.41) is 12.3. The molecule has 4 aromatic rings.